The first kappa shape index (κ1) is 21.5. The van der Waals surface area contributed by atoms with Gasteiger partial charge in [0.25, 0.3) is 0 Å². The van der Waals surface area contributed by atoms with Gasteiger partial charge in [0, 0.05) is 44.5 Å². The Morgan fingerprint density at radius 2 is 1.62 bits per heavy atom. The second-order valence-corrected chi connectivity index (χ2v) is 8.04. The number of nitrogens with one attached hydrogen (secondary N) is 1. The van der Waals surface area contributed by atoms with Gasteiger partial charge in [-0.15, -0.1) is 6.58 Å². The highest BCUT2D eigenvalue weighted by Crippen LogP contribution is 2.27. The molecule has 1 aliphatic heterocycles. The van der Waals surface area contributed by atoms with Crippen molar-refractivity contribution in [2.24, 2.45) is 0 Å². The van der Waals surface area contributed by atoms with Crippen LogP contribution in [0.3, 0.4) is 0 Å². The van der Waals surface area contributed by atoms with Gasteiger partial charge in [-0.1, -0.05) is 43.5 Å². The Labute approximate surface area is 174 Å². The predicted octanol–water partition coefficient (Wildman–Crippen LogP) is 2.27. The Hall–Kier alpha value is -2.18. The molecule has 2 fully saturated rings. The number of rotatable bonds is 8. The number of anilines is 1. The summed E-state index contributed by atoms with van der Waals surface area (Å²) < 4.78 is 0. The van der Waals surface area contributed by atoms with Crippen LogP contribution in [0, 0.1) is 0 Å². The van der Waals surface area contributed by atoms with Gasteiger partial charge in [-0.3, -0.25) is 19.4 Å². The summed E-state index contributed by atoms with van der Waals surface area (Å²) in [5.74, 6) is 0.224. The quantitative estimate of drug-likeness (QED) is 0.683. The van der Waals surface area contributed by atoms with Gasteiger partial charge in [-0.2, -0.15) is 0 Å². The van der Waals surface area contributed by atoms with Crippen LogP contribution in [0.25, 0.3) is 0 Å². The molecule has 6 nitrogen and oxygen atoms in total. The Morgan fingerprint density at radius 3 is 2.24 bits per heavy atom. The molecule has 0 aromatic heterocycles. The first-order chi connectivity index (χ1) is 14.2. The van der Waals surface area contributed by atoms with Crippen molar-refractivity contribution in [1.82, 2.24) is 15.1 Å². The highest BCUT2D eigenvalue weighted by Gasteiger charge is 2.29. The van der Waals surface area contributed by atoms with Crippen LogP contribution in [-0.4, -0.2) is 73.5 Å². The van der Waals surface area contributed by atoms with Crippen LogP contribution in [0.5, 0.6) is 0 Å². The molecule has 0 radical (unpaired) electrons. The maximum atomic E-state index is 13.3. The lowest BCUT2D eigenvalue weighted by Gasteiger charge is -2.38. The molecule has 2 aliphatic rings. The van der Waals surface area contributed by atoms with E-state index in [0.717, 1.165) is 44.7 Å². The predicted molar refractivity (Wildman–Crippen MR) is 117 cm³/mol. The average molecular weight is 399 g/mol. The fraction of sp³-hybridized carbons (Fsp3) is 0.565. The third-order valence-electron chi connectivity index (χ3n) is 5.88. The number of benzene rings is 1. The summed E-state index contributed by atoms with van der Waals surface area (Å²) in [4.78, 5) is 31.6. The number of piperazine rings is 1. The lowest BCUT2D eigenvalue weighted by atomic mass is 9.93. The molecule has 1 heterocycles. The van der Waals surface area contributed by atoms with Crippen molar-refractivity contribution < 1.29 is 9.59 Å². The third-order valence-corrected chi connectivity index (χ3v) is 5.88. The van der Waals surface area contributed by atoms with E-state index in [2.05, 4.69) is 21.7 Å². The number of hydrogen-bond donors (Lipinski definition) is 1. The summed E-state index contributed by atoms with van der Waals surface area (Å²) in [6, 6.07) is 10.4. The molecule has 0 spiro atoms. The zero-order valence-corrected chi connectivity index (χ0v) is 17.4. The average Bonchev–Trinajstić information content (AvgIpc) is 2.75. The first-order valence-electron chi connectivity index (χ1n) is 10.9. The largest absolute Gasteiger partial charge is 0.352 e. The van der Waals surface area contributed by atoms with Crippen LogP contribution in [0.2, 0.25) is 0 Å². The minimum Gasteiger partial charge on any atom is -0.352 e. The van der Waals surface area contributed by atoms with Gasteiger partial charge in [0.05, 0.1) is 13.1 Å². The van der Waals surface area contributed by atoms with Crippen molar-refractivity contribution >= 4 is 17.5 Å². The van der Waals surface area contributed by atoms with Crippen LogP contribution < -0.4 is 10.2 Å². The van der Waals surface area contributed by atoms with Crippen molar-refractivity contribution in [3.8, 4) is 0 Å². The normalized spacial score (nSPS) is 18.9. The van der Waals surface area contributed by atoms with Gasteiger partial charge >= 0.3 is 0 Å². The van der Waals surface area contributed by atoms with Gasteiger partial charge < -0.3 is 10.2 Å². The molecule has 3 rings (SSSR count). The second-order valence-electron chi connectivity index (χ2n) is 8.04. The Morgan fingerprint density at radius 1 is 1.00 bits per heavy atom. The van der Waals surface area contributed by atoms with Crippen LogP contribution in [-0.2, 0) is 9.59 Å². The number of carbonyl (C=O) groups is 2. The van der Waals surface area contributed by atoms with E-state index in [-0.39, 0.29) is 11.8 Å². The standard InChI is InChI=1S/C23H34N4O2/c1-2-13-24-22(28)18-25-14-16-26(17-15-25)19-23(29)27(20-9-5-3-6-10-20)21-11-7-4-8-12-21/h2-3,5-6,9-10,21H,1,4,7-8,11-19H2,(H,24,28). The summed E-state index contributed by atoms with van der Waals surface area (Å²) >= 11 is 0. The summed E-state index contributed by atoms with van der Waals surface area (Å²) in [6.45, 7) is 8.22. The number of carbonyl (C=O) groups excluding carboxylic acids is 2. The molecule has 1 N–H and O–H groups in total. The van der Waals surface area contributed by atoms with Crippen molar-refractivity contribution in [3.05, 3.63) is 43.0 Å². The second kappa shape index (κ2) is 11.1. The zero-order valence-electron chi connectivity index (χ0n) is 17.4. The molecule has 0 bridgehead atoms. The molecule has 158 valence electrons. The molecule has 2 amide bonds. The van der Waals surface area contributed by atoms with Gasteiger partial charge in [-0.25, -0.2) is 0 Å². The summed E-state index contributed by atoms with van der Waals surface area (Å²) in [7, 11) is 0. The van der Waals surface area contributed by atoms with Crippen molar-refractivity contribution in [2.45, 2.75) is 38.1 Å². The van der Waals surface area contributed by atoms with Crippen LogP contribution >= 0.6 is 0 Å². The van der Waals surface area contributed by atoms with E-state index in [1.807, 2.05) is 35.2 Å². The lowest BCUT2D eigenvalue weighted by Crippen LogP contribution is -2.53. The van der Waals surface area contributed by atoms with E-state index in [4.69, 9.17) is 0 Å². The van der Waals surface area contributed by atoms with E-state index >= 15 is 0 Å². The molecule has 6 heteroatoms. The number of nitrogens with zero attached hydrogens (tertiary/aromatic N) is 3. The van der Waals surface area contributed by atoms with E-state index < -0.39 is 0 Å². The zero-order chi connectivity index (χ0) is 20.5. The summed E-state index contributed by atoms with van der Waals surface area (Å²) in [5, 5.41) is 2.82. The van der Waals surface area contributed by atoms with E-state index in [1.165, 1.54) is 19.3 Å². The molecule has 29 heavy (non-hydrogen) atoms. The Bertz CT molecular complexity index is 665. The highest BCUT2D eigenvalue weighted by atomic mass is 16.2. The minimum absolute atomic E-state index is 0.0296. The number of para-hydroxylation sites is 1. The molecule has 1 aliphatic carbocycles. The van der Waals surface area contributed by atoms with Crippen molar-refractivity contribution in [1.29, 1.82) is 0 Å². The number of hydrogen-bond acceptors (Lipinski definition) is 4. The molecule has 1 saturated carbocycles. The fourth-order valence-corrected chi connectivity index (χ4v) is 4.30. The minimum atomic E-state index is 0.0296. The van der Waals surface area contributed by atoms with E-state index in [1.54, 1.807) is 6.08 Å². The van der Waals surface area contributed by atoms with Gasteiger partial charge in [0.2, 0.25) is 11.8 Å². The highest BCUT2D eigenvalue weighted by molar-refractivity contribution is 5.95. The summed E-state index contributed by atoms with van der Waals surface area (Å²) in [5.41, 5.74) is 1.02. The topological polar surface area (TPSA) is 55.9 Å². The Kier molecular flexibility index (Phi) is 8.25. The molecule has 1 aromatic carbocycles. The lowest BCUT2D eigenvalue weighted by molar-refractivity contribution is -0.124. The van der Waals surface area contributed by atoms with Gasteiger partial charge in [0.15, 0.2) is 0 Å². The third kappa shape index (κ3) is 6.41. The molecule has 1 aromatic rings. The van der Waals surface area contributed by atoms with Crippen LogP contribution in [0.1, 0.15) is 32.1 Å². The molecule has 1 saturated heterocycles. The first-order valence-corrected chi connectivity index (χ1v) is 10.9. The molecular formula is C23H34N4O2. The van der Waals surface area contributed by atoms with Crippen LogP contribution in [0.4, 0.5) is 5.69 Å². The fourth-order valence-electron chi connectivity index (χ4n) is 4.30. The van der Waals surface area contributed by atoms with Crippen molar-refractivity contribution in [3.63, 3.8) is 0 Å². The molecule has 0 atom stereocenters. The van der Waals surface area contributed by atoms with E-state index in [0.29, 0.717) is 25.7 Å². The number of amides is 2. The Balaban J connectivity index is 1.54. The van der Waals surface area contributed by atoms with Gasteiger partial charge in [0.1, 0.15) is 0 Å². The van der Waals surface area contributed by atoms with Gasteiger partial charge in [-0.05, 0) is 25.0 Å². The van der Waals surface area contributed by atoms with E-state index in [9.17, 15) is 9.59 Å². The maximum Gasteiger partial charge on any atom is 0.241 e. The summed E-state index contributed by atoms with van der Waals surface area (Å²) in [6.07, 6.45) is 7.55. The smallest absolute Gasteiger partial charge is 0.241 e. The maximum absolute atomic E-state index is 13.3. The molecule has 0 unspecified atom stereocenters. The van der Waals surface area contributed by atoms with Crippen LogP contribution in [0.15, 0.2) is 43.0 Å². The SMILES string of the molecule is C=CCNC(=O)CN1CCN(CC(=O)N(c2ccccc2)C2CCCCC2)CC1. The molecular weight excluding hydrogens is 364 g/mol. The monoisotopic (exact) mass is 398 g/mol. The van der Waals surface area contributed by atoms with Crippen molar-refractivity contribution in [2.75, 3.05) is 50.7 Å².